The predicted molar refractivity (Wildman–Crippen MR) is 78.2 cm³/mol. The zero-order chi connectivity index (χ0) is 15.8. The Labute approximate surface area is 124 Å². The van der Waals surface area contributed by atoms with Gasteiger partial charge >= 0.3 is 0 Å². The highest BCUT2D eigenvalue weighted by Crippen LogP contribution is 2.26. The molecule has 0 saturated carbocycles. The van der Waals surface area contributed by atoms with Crippen LogP contribution in [-0.4, -0.2) is 42.0 Å². The van der Waals surface area contributed by atoms with E-state index in [0.717, 1.165) is 12.8 Å². The number of nitrogens with two attached hydrogens (primary N) is 1. The van der Waals surface area contributed by atoms with Crippen LogP contribution in [0.25, 0.3) is 0 Å². The fraction of sp³-hybridized carbons (Fsp3) is 0.692. The minimum absolute atomic E-state index is 0.0568. The van der Waals surface area contributed by atoms with Crippen LogP contribution in [0, 0.1) is 5.92 Å². The monoisotopic (exact) mass is 314 g/mol. The highest BCUT2D eigenvalue weighted by Gasteiger charge is 2.34. The molecule has 0 spiro atoms. The predicted octanol–water partition coefficient (Wildman–Crippen LogP) is 0.880. The van der Waals surface area contributed by atoms with Gasteiger partial charge in [0.2, 0.25) is 10.0 Å². The molecular formula is C13H22N4O3S. The van der Waals surface area contributed by atoms with Crippen molar-refractivity contribution in [1.82, 2.24) is 15.1 Å². The van der Waals surface area contributed by atoms with Gasteiger partial charge in [-0.25, -0.2) is 13.6 Å². The number of nitrogens with one attached hydrogen (secondary N) is 1. The second kappa shape index (κ2) is 5.76. The first-order chi connectivity index (χ1) is 9.77. The van der Waals surface area contributed by atoms with Crippen molar-refractivity contribution in [3.8, 4) is 0 Å². The van der Waals surface area contributed by atoms with Crippen molar-refractivity contribution in [1.29, 1.82) is 0 Å². The summed E-state index contributed by atoms with van der Waals surface area (Å²) in [5, 5.41) is 11.8. The van der Waals surface area contributed by atoms with E-state index >= 15 is 0 Å². The molecule has 21 heavy (non-hydrogen) atoms. The fourth-order valence-electron chi connectivity index (χ4n) is 2.82. The summed E-state index contributed by atoms with van der Waals surface area (Å²) in [6, 6.07) is 0.0568. The van der Waals surface area contributed by atoms with E-state index in [-0.39, 0.29) is 22.5 Å². The minimum Gasteiger partial charge on any atom is -0.334 e. The number of hydrogen-bond donors (Lipinski definition) is 2. The van der Waals surface area contributed by atoms with Crippen LogP contribution in [0.2, 0.25) is 0 Å². The Balaban J connectivity index is 2.43. The number of aromatic amines is 1. The summed E-state index contributed by atoms with van der Waals surface area (Å²) < 4.78 is 23.5. The molecule has 1 saturated heterocycles. The lowest BCUT2D eigenvalue weighted by Gasteiger charge is -2.37. The van der Waals surface area contributed by atoms with Gasteiger partial charge in [0, 0.05) is 12.6 Å². The molecule has 2 unspecified atom stereocenters. The summed E-state index contributed by atoms with van der Waals surface area (Å²) in [5.74, 6) is 0.0132. The summed E-state index contributed by atoms with van der Waals surface area (Å²) in [5.41, 5.74) is 0.286. The largest absolute Gasteiger partial charge is 0.334 e. The van der Waals surface area contributed by atoms with E-state index in [1.165, 1.54) is 0 Å². The smallest absolute Gasteiger partial charge is 0.276 e. The number of likely N-dealkylation sites (tertiary alicyclic amines) is 1. The SMILES string of the molecule is CCc1[nH]nc(C(=O)N2CCCC(C)C2C)c1S(N)(=O)=O. The van der Waals surface area contributed by atoms with Crippen molar-refractivity contribution in [2.24, 2.45) is 11.1 Å². The first-order valence-corrected chi connectivity index (χ1v) is 8.73. The summed E-state index contributed by atoms with van der Waals surface area (Å²) in [4.78, 5) is 14.2. The number of primary sulfonamides is 1. The number of H-pyrrole nitrogens is 1. The van der Waals surface area contributed by atoms with E-state index in [0.29, 0.717) is 24.6 Å². The van der Waals surface area contributed by atoms with E-state index in [9.17, 15) is 13.2 Å². The lowest BCUT2D eigenvalue weighted by Crippen LogP contribution is -2.46. The van der Waals surface area contributed by atoms with Gasteiger partial charge in [-0.1, -0.05) is 13.8 Å². The average molecular weight is 314 g/mol. The Kier molecular flexibility index (Phi) is 4.38. The van der Waals surface area contributed by atoms with Crippen LogP contribution in [0.1, 0.15) is 49.8 Å². The Morgan fingerprint density at radius 1 is 1.48 bits per heavy atom. The van der Waals surface area contributed by atoms with Crippen molar-refractivity contribution in [3.63, 3.8) is 0 Å². The molecule has 8 heteroatoms. The van der Waals surface area contributed by atoms with Crippen molar-refractivity contribution in [2.75, 3.05) is 6.54 Å². The number of nitrogens with zero attached hydrogens (tertiary/aromatic N) is 2. The topological polar surface area (TPSA) is 109 Å². The summed E-state index contributed by atoms with van der Waals surface area (Å²) >= 11 is 0. The number of sulfonamides is 1. The lowest BCUT2D eigenvalue weighted by atomic mass is 9.92. The summed E-state index contributed by atoms with van der Waals surface area (Å²) in [6.45, 7) is 6.46. The molecule has 0 radical (unpaired) electrons. The van der Waals surface area contributed by atoms with Crippen LogP contribution < -0.4 is 5.14 Å². The molecule has 0 aromatic carbocycles. The Hall–Kier alpha value is -1.41. The van der Waals surface area contributed by atoms with E-state index < -0.39 is 10.0 Å². The van der Waals surface area contributed by atoms with Gasteiger partial charge in [-0.15, -0.1) is 0 Å². The van der Waals surface area contributed by atoms with Crippen molar-refractivity contribution >= 4 is 15.9 Å². The molecule has 2 rings (SSSR count). The maximum absolute atomic E-state index is 12.7. The molecule has 3 N–H and O–H groups in total. The minimum atomic E-state index is -3.99. The molecule has 0 aliphatic carbocycles. The highest BCUT2D eigenvalue weighted by atomic mass is 32.2. The van der Waals surface area contributed by atoms with Crippen molar-refractivity contribution in [3.05, 3.63) is 11.4 Å². The van der Waals surface area contributed by atoms with Gasteiger partial charge in [0.1, 0.15) is 4.90 Å². The van der Waals surface area contributed by atoms with Crippen molar-refractivity contribution < 1.29 is 13.2 Å². The molecule has 1 fully saturated rings. The number of aryl methyl sites for hydroxylation is 1. The van der Waals surface area contributed by atoms with Gasteiger partial charge in [0.15, 0.2) is 5.69 Å². The lowest BCUT2D eigenvalue weighted by molar-refractivity contribution is 0.0541. The number of hydrogen-bond acceptors (Lipinski definition) is 4. The average Bonchev–Trinajstić information content (AvgIpc) is 2.85. The number of carbonyl (C=O) groups excluding carboxylic acids is 1. The number of amides is 1. The third-order valence-corrected chi connectivity index (χ3v) is 5.28. The first kappa shape index (κ1) is 16.0. The first-order valence-electron chi connectivity index (χ1n) is 7.18. The van der Waals surface area contributed by atoms with E-state index in [1.807, 2.05) is 6.92 Å². The van der Waals surface area contributed by atoms with Gasteiger partial charge in [0.25, 0.3) is 5.91 Å². The fourth-order valence-corrected chi connectivity index (χ4v) is 3.75. The molecule has 1 aromatic heterocycles. The standard InChI is InChI=1S/C13H22N4O3S/c1-4-10-12(21(14,19)20)11(16-15-10)13(18)17-7-5-6-8(2)9(17)3/h8-9H,4-7H2,1-3H3,(H,15,16)(H2,14,19,20). The molecule has 118 valence electrons. The van der Waals surface area contributed by atoms with Gasteiger partial charge in [-0.2, -0.15) is 5.10 Å². The highest BCUT2D eigenvalue weighted by molar-refractivity contribution is 7.89. The van der Waals surface area contributed by atoms with Gasteiger partial charge in [-0.05, 0) is 32.1 Å². The van der Waals surface area contributed by atoms with E-state index in [4.69, 9.17) is 5.14 Å². The number of aromatic nitrogens is 2. The quantitative estimate of drug-likeness (QED) is 0.863. The number of carbonyl (C=O) groups is 1. The van der Waals surface area contributed by atoms with Crippen LogP contribution in [0.15, 0.2) is 4.90 Å². The third kappa shape index (κ3) is 2.96. The second-order valence-electron chi connectivity index (χ2n) is 5.64. The maximum atomic E-state index is 12.7. The normalized spacial score (nSPS) is 23.3. The molecule has 1 amide bonds. The number of piperidine rings is 1. The Bertz CT molecular complexity index is 638. The molecule has 0 bridgehead atoms. The van der Waals surface area contributed by atoms with Crippen LogP contribution in [0.3, 0.4) is 0 Å². The van der Waals surface area contributed by atoms with Crippen molar-refractivity contribution in [2.45, 2.75) is 51.0 Å². The Morgan fingerprint density at radius 3 is 2.71 bits per heavy atom. The van der Waals surface area contributed by atoms with Gasteiger partial charge < -0.3 is 4.90 Å². The summed E-state index contributed by atoms with van der Waals surface area (Å²) in [6.07, 6.45) is 2.39. The molecular weight excluding hydrogens is 292 g/mol. The molecule has 7 nitrogen and oxygen atoms in total. The van der Waals surface area contributed by atoms with Crippen LogP contribution in [0.5, 0.6) is 0 Å². The van der Waals surface area contributed by atoms with Crippen LogP contribution >= 0.6 is 0 Å². The molecule has 2 atom stereocenters. The third-order valence-electron chi connectivity index (χ3n) is 4.27. The van der Waals surface area contributed by atoms with Gasteiger partial charge in [-0.3, -0.25) is 9.89 Å². The zero-order valence-electron chi connectivity index (χ0n) is 12.6. The van der Waals surface area contributed by atoms with Crippen LogP contribution in [-0.2, 0) is 16.4 Å². The summed E-state index contributed by atoms with van der Waals surface area (Å²) in [7, 11) is -3.99. The molecule has 2 heterocycles. The molecule has 1 aliphatic rings. The molecule has 1 aliphatic heterocycles. The molecule has 1 aromatic rings. The zero-order valence-corrected chi connectivity index (χ0v) is 13.4. The van der Waals surface area contributed by atoms with E-state index in [1.54, 1.807) is 11.8 Å². The van der Waals surface area contributed by atoms with Crippen LogP contribution in [0.4, 0.5) is 0 Å². The van der Waals surface area contributed by atoms with Gasteiger partial charge in [0.05, 0.1) is 5.69 Å². The second-order valence-corrected chi connectivity index (χ2v) is 7.14. The maximum Gasteiger partial charge on any atom is 0.276 e. The Morgan fingerprint density at radius 2 is 2.14 bits per heavy atom. The number of rotatable bonds is 3. The van der Waals surface area contributed by atoms with E-state index in [2.05, 4.69) is 17.1 Å².